The molecule has 0 unspecified atom stereocenters. The van der Waals surface area contributed by atoms with Gasteiger partial charge in [0.05, 0.1) is 11.1 Å². The molecule has 0 saturated heterocycles. The summed E-state index contributed by atoms with van der Waals surface area (Å²) in [4.78, 5) is 30.9. The highest BCUT2D eigenvalue weighted by Crippen LogP contribution is 2.15. The highest BCUT2D eigenvalue weighted by atomic mass is 32.1. The van der Waals surface area contributed by atoms with Crippen LogP contribution in [-0.2, 0) is 11.3 Å². The second-order valence-corrected chi connectivity index (χ2v) is 5.96. The average Bonchev–Trinajstić information content (AvgIpc) is 2.96. The van der Waals surface area contributed by atoms with Crippen LogP contribution in [0.4, 0.5) is 0 Å². The monoisotopic (exact) mass is 314 g/mol. The lowest BCUT2D eigenvalue weighted by Crippen LogP contribution is -2.14. The second kappa shape index (κ2) is 5.73. The number of ether oxygens (including phenoxy) is 1. The second-order valence-electron chi connectivity index (χ2n) is 5.04. The van der Waals surface area contributed by atoms with Crippen LogP contribution in [0.1, 0.15) is 27.3 Å². The summed E-state index contributed by atoms with van der Waals surface area (Å²) < 4.78 is 5.84. The molecule has 2 heterocycles. The molecule has 0 radical (unpaired) electrons. The van der Waals surface area contributed by atoms with Gasteiger partial charge in [0.2, 0.25) is 0 Å². The molecule has 1 aromatic carbocycles. The number of esters is 1. The minimum absolute atomic E-state index is 0.0623. The number of rotatable bonds is 3. The van der Waals surface area contributed by atoms with Gasteiger partial charge in [-0.15, -0.1) is 11.3 Å². The Morgan fingerprint density at radius 1 is 1.32 bits per heavy atom. The number of benzene rings is 1. The Hall–Kier alpha value is -2.47. The van der Waals surface area contributed by atoms with Crippen LogP contribution in [0.2, 0.25) is 0 Å². The predicted molar refractivity (Wildman–Crippen MR) is 85.3 cm³/mol. The Balaban J connectivity index is 1.80. The number of H-pyrrole nitrogens is 1. The molecule has 0 aliphatic rings. The minimum Gasteiger partial charge on any atom is -0.454 e. The number of nitrogens with zero attached hydrogens (tertiary/aromatic N) is 1. The van der Waals surface area contributed by atoms with Crippen molar-refractivity contribution >= 4 is 27.5 Å². The molecule has 0 aliphatic carbocycles. The van der Waals surface area contributed by atoms with Crippen molar-refractivity contribution in [3.8, 4) is 0 Å². The van der Waals surface area contributed by atoms with E-state index < -0.39 is 5.97 Å². The molecule has 0 saturated carbocycles. The lowest BCUT2D eigenvalue weighted by molar-refractivity contribution is 0.0461. The van der Waals surface area contributed by atoms with Gasteiger partial charge in [-0.1, -0.05) is 17.7 Å². The summed E-state index contributed by atoms with van der Waals surface area (Å²) >= 11 is 1.33. The zero-order chi connectivity index (χ0) is 15.7. The molecular weight excluding hydrogens is 300 g/mol. The number of fused-ring (bicyclic) bond motifs is 1. The van der Waals surface area contributed by atoms with Crippen molar-refractivity contribution in [3.63, 3.8) is 0 Å². The standard InChI is InChI=1S/C16H14N2O3S/c1-9-3-4-10(2)11(7-9)16(20)21-8-13-17-12-5-6-22-14(12)15(19)18-13/h3-7H,8H2,1-2H3,(H,17,18,19). The Kier molecular flexibility index (Phi) is 3.77. The number of hydrogen-bond donors (Lipinski definition) is 1. The summed E-state index contributed by atoms with van der Waals surface area (Å²) in [6.45, 7) is 3.71. The largest absolute Gasteiger partial charge is 0.454 e. The first-order valence-corrected chi connectivity index (χ1v) is 7.63. The van der Waals surface area contributed by atoms with Gasteiger partial charge in [0.1, 0.15) is 17.1 Å². The maximum absolute atomic E-state index is 12.1. The van der Waals surface area contributed by atoms with Crippen molar-refractivity contribution in [2.75, 3.05) is 0 Å². The molecule has 0 amide bonds. The fourth-order valence-electron chi connectivity index (χ4n) is 2.16. The lowest BCUT2D eigenvalue weighted by atomic mass is 10.1. The third-order valence-corrected chi connectivity index (χ3v) is 4.22. The minimum atomic E-state index is -0.422. The van der Waals surface area contributed by atoms with Gasteiger partial charge in [-0.05, 0) is 36.9 Å². The number of aryl methyl sites for hydroxylation is 2. The molecular formula is C16H14N2O3S. The first-order chi connectivity index (χ1) is 10.5. The van der Waals surface area contributed by atoms with Crippen molar-refractivity contribution in [2.24, 2.45) is 0 Å². The smallest absolute Gasteiger partial charge is 0.338 e. The van der Waals surface area contributed by atoms with E-state index in [-0.39, 0.29) is 12.2 Å². The molecule has 3 aromatic rings. The van der Waals surface area contributed by atoms with E-state index in [1.165, 1.54) is 11.3 Å². The Labute approximate surface area is 130 Å². The van der Waals surface area contributed by atoms with E-state index in [0.717, 1.165) is 11.1 Å². The highest BCUT2D eigenvalue weighted by molar-refractivity contribution is 7.17. The quantitative estimate of drug-likeness (QED) is 0.754. The fraction of sp³-hybridized carbons (Fsp3) is 0.188. The average molecular weight is 314 g/mol. The predicted octanol–water partition coefficient (Wildman–Crippen LogP) is 2.96. The van der Waals surface area contributed by atoms with Gasteiger partial charge in [0, 0.05) is 0 Å². The molecule has 1 N–H and O–H groups in total. The lowest BCUT2D eigenvalue weighted by Gasteiger charge is -2.07. The molecule has 3 rings (SSSR count). The van der Waals surface area contributed by atoms with Gasteiger partial charge in [-0.2, -0.15) is 0 Å². The van der Waals surface area contributed by atoms with E-state index in [9.17, 15) is 9.59 Å². The maximum Gasteiger partial charge on any atom is 0.338 e. The Bertz CT molecular complexity index is 911. The van der Waals surface area contributed by atoms with Crippen LogP contribution in [0.5, 0.6) is 0 Å². The Morgan fingerprint density at radius 2 is 2.14 bits per heavy atom. The molecule has 0 spiro atoms. The number of carbonyl (C=O) groups is 1. The van der Waals surface area contributed by atoms with Crippen molar-refractivity contribution in [1.82, 2.24) is 9.97 Å². The summed E-state index contributed by atoms with van der Waals surface area (Å²) in [7, 11) is 0. The number of hydrogen-bond acceptors (Lipinski definition) is 5. The van der Waals surface area contributed by atoms with Crippen molar-refractivity contribution in [3.05, 3.63) is 62.5 Å². The van der Waals surface area contributed by atoms with Crippen molar-refractivity contribution < 1.29 is 9.53 Å². The summed E-state index contributed by atoms with van der Waals surface area (Å²) in [6, 6.07) is 7.38. The van der Waals surface area contributed by atoms with Gasteiger partial charge in [-0.25, -0.2) is 9.78 Å². The number of nitrogens with one attached hydrogen (secondary N) is 1. The number of thiophene rings is 1. The van der Waals surface area contributed by atoms with Crippen molar-refractivity contribution in [1.29, 1.82) is 0 Å². The molecule has 0 fully saturated rings. The topological polar surface area (TPSA) is 72.0 Å². The van der Waals surface area contributed by atoms with Crippen LogP contribution in [0.15, 0.2) is 34.4 Å². The highest BCUT2D eigenvalue weighted by Gasteiger charge is 2.12. The zero-order valence-electron chi connectivity index (χ0n) is 12.2. The normalized spacial score (nSPS) is 10.8. The van der Waals surface area contributed by atoms with E-state index in [2.05, 4.69) is 9.97 Å². The maximum atomic E-state index is 12.1. The van der Waals surface area contributed by atoms with Crippen LogP contribution in [0, 0.1) is 13.8 Å². The molecule has 5 nitrogen and oxygen atoms in total. The molecule has 0 atom stereocenters. The van der Waals surface area contributed by atoms with Crippen LogP contribution < -0.4 is 5.56 Å². The number of aromatic nitrogens is 2. The van der Waals surface area contributed by atoms with Crippen molar-refractivity contribution in [2.45, 2.75) is 20.5 Å². The SMILES string of the molecule is Cc1ccc(C)c(C(=O)OCc2nc3ccsc3c(=O)[nH]2)c1. The van der Waals surface area contributed by atoms with Gasteiger partial charge < -0.3 is 9.72 Å². The molecule has 0 aliphatic heterocycles. The van der Waals surface area contributed by atoms with E-state index in [0.29, 0.717) is 21.6 Å². The van der Waals surface area contributed by atoms with Gasteiger partial charge >= 0.3 is 5.97 Å². The first kappa shape index (κ1) is 14.5. The van der Waals surface area contributed by atoms with Crippen LogP contribution >= 0.6 is 11.3 Å². The van der Waals surface area contributed by atoms with Crippen LogP contribution in [0.3, 0.4) is 0 Å². The molecule has 112 valence electrons. The van der Waals surface area contributed by atoms with Gasteiger partial charge in [-0.3, -0.25) is 4.79 Å². The van der Waals surface area contributed by atoms with Crippen LogP contribution in [0.25, 0.3) is 10.2 Å². The van der Waals surface area contributed by atoms with Crippen LogP contribution in [-0.4, -0.2) is 15.9 Å². The third-order valence-electron chi connectivity index (χ3n) is 3.32. The number of aromatic amines is 1. The third kappa shape index (κ3) is 2.78. The zero-order valence-corrected chi connectivity index (χ0v) is 13.0. The van der Waals surface area contributed by atoms with E-state index in [1.807, 2.05) is 26.0 Å². The fourth-order valence-corrected chi connectivity index (χ4v) is 2.88. The first-order valence-electron chi connectivity index (χ1n) is 6.75. The Morgan fingerprint density at radius 3 is 2.95 bits per heavy atom. The summed E-state index contributed by atoms with van der Waals surface area (Å²) in [5.74, 6) is -0.0798. The van der Waals surface area contributed by atoms with E-state index >= 15 is 0 Å². The molecule has 6 heteroatoms. The molecule has 2 aromatic heterocycles. The number of carbonyl (C=O) groups excluding carboxylic acids is 1. The molecule has 0 bridgehead atoms. The summed E-state index contributed by atoms with van der Waals surface area (Å²) in [5.41, 5.74) is 2.78. The van der Waals surface area contributed by atoms with Gasteiger partial charge in [0.25, 0.3) is 5.56 Å². The van der Waals surface area contributed by atoms with E-state index in [4.69, 9.17) is 4.74 Å². The van der Waals surface area contributed by atoms with Gasteiger partial charge in [0.15, 0.2) is 0 Å². The van der Waals surface area contributed by atoms with E-state index in [1.54, 1.807) is 17.5 Å². The molecule has 22 heavy (non-hydrogen) atoms. The summed E-state index contributed by atoms with van der Waals surface area (Å²) in [5, 5.41) is 1.80. The summed E-state index contributed by atoms with van der Waals surface area (Å²) in [6.07, 6.45) is 0.